The van der Waals surface area contributed by atoms with Gasteiger partial charge in [-0.25, -0.2) is 0 Å². The van der Waals surface area contributed by atoms with Crippen LogP contribution in [-0.4, -0.2) is 369 Å². The highest BCUT2D eigenvalue weighted by molar-refractivity contribution is 4.44. The van der Waals surface area contributed by atoms with Gasteiger partial charge in [0.15, 0.2) is 6.73 Å². The molecule has 0 aromatic rings. The van der Waals surface area contributed by atoms with E-state index in [9.17, 15) is 0 Å². The maximum Gasteiger partial charge on any atom is 0.180 e. The average Bonchev–Trinajstić information content (AvgIpc) is 3.41. The van der Waals surface area contributed by atoms with E-state index in [1.807, 2.05) is 35.2 Å². The minimum absolute atomic E-state index is 0.0938. The third-order valence-electron chi connectivity index (χ3n) is 16.9. The molecule has 0 saturated heterocycles. The molecule has 0 heterocycles. The summed E-state index contributed by atoms with van der Waals surface area (Å²) in [5.41, 5.74) is 0. The zero-order valence-corrected chi connectivity index (χ0v) is 61.8. The van der Waals surface area contributed by atoms with E-state index in [4.69, 9.17) is 40.9 Å². The first-order chi connectivity index (χ1) is 38.0. The molecule has 0 atom stereocenters. The van der Waals surface area contributed by atoms with E-state index in [-0.39, 0.29) is 53.0 Å². The van der Waals surface area contributed by atoms with Crippen molar-refractivity contribution in [1.82, 2.24) is 0 Å². The van der Waals surface area contributed by atoms with Crippen LogP contribution in [0, 0.1) is 0 Å². The van der Waals surface area contributed by atoms with E-state index in [2.05, 4.69) is 160 Å². The number of nitrogens with zero attached hydrogens (tertiary/aromatic N) is 9. The lowest BCUT2D eigenvalue weighted by Crippen LogP contribution is -2.50. The largest absolute Gasteiger partial charge is 0.391 e. The Bertz CT molecular complexity index is 1070. The van der Waals surface area contributed by atoms with Crippen LogP contribution in [0.5, 0.6) is 0 Å². The predicted octanol–water partition coefficient (Wildman–Crippen LogP) is 6.34. The maximum atomic E-state index is 8.95. The lowest BCUT2D eigenvalue weighted by Gasteiger charge is -2.38. The Kier molecular flexibility index (Phi) is 75.8. The fourth-order valence-corrected chi connectivity index (χ4v) is 8.55. The van der Waals surface area contributed by atoms with Crippen LogP contribution in [-0.2, 0) is 0 Å². The number of likely N-dealkylation sites (N-methyl/N-ethyl adjacent to an activating group) is 3. The lowest BCUT2D eigenvalue weighted by molar-refractivity contribution is -0.940. The van der Waals surface area contributed by atoms with Crippen molar-refractivity contribution in [3.05, 3.63) is 0 Å². The fraction of sp³-hybridized carbons (Fsp3) is 1.00. The van der Waals surface area contributed by atoms with Gasteiger partial charge in [-0.15, -0.1) is 0 Å². The van der Waals surface area contributed by atoms with Crippen LogP contribution in [0.1, 0.15) is 149 Å². The average molecular weight is 1200 g/mol. The van der Waals surface area contributed by atoms with E-state index < -0.39 is 0 Å². The van der Waals surface area contributed by atoms with Crippen molar-refractivity contribution >= 4 is 0 Å². The minimum Gasteiger partial charge on any atom is -0.391 e. The molecule has 0 unspecified atom stereocenters. The van der Waals surface area contributed by atoms with Crippen molar-refractivity contribution in [1.29, 1.82) is 0 Å². The van der Waals surface area contributed by atoms with Crippen molar-refractivity contribution in [3.8, 4) is 0 Å². The zero-order chi connectivity index (χ0) is 66.7. The van der Waals surface area contributed by atoms with Crippen LogP contribution < -0.4 is 0 Å². The van der Waals surface area contributed by atoms with Crippen molar-refractivity contribution in [3.63, 3.8) is 0 Å². The number of aliphatic hydroxyl groups is 8. The molecule has 0 aliphatic heterocycles. The van der Waals surface area contributed by atoms with Crippen LogP contribution >= 0.6 is 0 Å². The number of rotatable bonds is 37. The van der Waals surface area contributed by atoms with Gasteiger partial charge in [0.2, 0.25) is 0 Å². The van der Waals surface area contributed by atoms with Crippen LogP contribution in [0.15, 0.2) is 0 Å². The molecule has 0 aliphatic carbocycles. The minimum atomic E-state index is 0.0938. The van der Waals surface area contributed by atoms with Crippen molar-refractivity contribution < 1.29 is 81.2 Å². The van der Waals surface area contributed by atoms with Crippen LogP contribution in [0.25, 0.3) is 0 Å². The van der Waals surface area contributed by atoms with Gasteiger partial charge in [-0.1, -0.05) is 41.0 Å². The lowest BCUT2D eigenvalue weighted by atomic mass is 10.2. The smallest absolute Gasteiger partial charge is 0.180 e. The third kappa shape index (κ3) is 68.4. The summed E-state index contributed by atoms with van der Waals surface area (Å²) >= 11 is 0. The zero-order valence-electron chi connectivity index (χ0n) is 61.8. The molecule has 0 saturated carbocycles. The van der Waals surface area contributed by atoms with Gasteiger partial charge in [-0.2, -0.15) is 0 Å². The summed E-state index contributed by atoms with van der Waals surface area (Å²) in [6.07, 6.45) is 8.00. The quantitative estimate of drug-likeness (QED) is 0.0264. The van der Waals surface area contributed by atoms with Gasteiger partial charge in [0.05, 0.1) is 236 Å². The number of hydrogen-bond acceptors (Lipinski definition) is 8. The summed E-state index contributed by atoms with van der Waals surface area (Å²) in [6, 6.07) is 0. The summed E-state index contributed by atoms with van der Waals surface area (Å²) in [7, 11) is 25.3. The number of aliphatic hydroxyl groups excluding tert-OH is 8. The number of unbranched alkanes of at least 4 members (excludes halogenated alkanes) is 1. The summed E-state index contributed by atoms with van der Waals surface area (Å²) in [5.74, 6) is 0. The first kappa shape index (κ1) is 100. The highest BCUT2D eigenvalue weighted by Crippen LogP contribution is 2.13. The Morgan fingerprint density at radius 1 is 0.207 bits per heavy atom. The van der Waals surface area contributed by atoms with E-state index in [0.717, 1.165) is 33.1 Å². The van der Waals surface area contributed by atoms with Crippen LogP contribution in [0.3, 0.4) is 0 Å². The number of hydrogen-bond donors (Lipinski definition) is 8. The number of quaternary nitrogens is 9. The Balaban J connectivity index is -0.000000105. The molecule has 510 valence electrons. The van der Waals surface area contributed by atoms with Crippen LogP contribution in [0.4, 0.5) is 0 Å². The molecule has 0 radical (unpaired) electrons. The van der Waals surface area contributed by atoms with E-state index in [1.54, 1.807) is 0 Å². The van der Waals surface area contributed by atoms with Crippen molar-refractivity contribution in [2.24, 2.45) is 0 Å². The van der Waals surface area contributed by atoms with Crippen molar-refractivity contribution in [2.45, 2.75) is 149 Å². The van der Waals surface area contributed by atoms with E-state index in [1.165, 1.54) is 137 Å². The van der Waals surface area contributed by atoms with Gasteiger partial charge in [0, 0.05) is 0 Å². The van der Waals surface area contributed by atoms with Crippen molar-refractivity contribution in [2.75, 3.05) is 288 Å². The summed E-state index contributed by atoms with van der Waals surface area (Å²) < 4.78 is 8.78. The molecule has 0 rings (SSSR count). The van der Waals surface area contributed by atoms with Crippen LogP contribution in [0.2, 0.25) is 0 Å². The molecule has 8 N–H and O–H groups in total. The molecular weight excluding hydrogens is 1030 g/mol. The van der Waals surface area contributed by atoms with E-state index >= 15 is 0 Å². The topological polar surface area (TPSA) is 162 Å². The highest BCUT2D eigenvalue weighted by atomic mass is 16.3. The molecule has 0 aliphatic rings. The van der Waals surface area contributed by atoms with Gasteiger partial charge >= 0.3 is 0 Å². The predicted molar refractivity (Wildman–Crippen MR) is 361 cm³/mol. The third-order valence-corrected chi connectivity index (χ3v) is 16.9. The molecule has 82 heavy (non-hydrogen) atoms. The Morgan fingerprint density at radius 2 is 0.439 bits per heavy atom. The molecule has 0 amide bonds. The summed E-state index contributed by atoms with van der Waals surface area (Å²) in [5, 5.41) is 69.1. The van der Waals surface area contributed by atoms with E-state index in [0.29, 0.717) is 59.3 Å². The molecular formula is C65H166N9O8+9. The Morgan fingerprint density at radius 3 is 0.524 bits per heavy atom. The van der Waals surface area contributed by atoms with Gasteiger partial charge in [0.25, 0.3) is 0 Å². The second kappa shape index (κ2) is 61.9. The first-order valence-electron chi connectivity index (χ1n) is 33.3. The molecule has 17 heteroatoms. The second-order valence-electron chi connectivity index (χ2n) is 26.4. The SMILES string of the molecule is CCCC[N+](C)(C)C.CCC[N+](CCC)(CCC)CCC.CC[N+](C)(C)C.CC[N+](C)(CC)CC.CC[N+](CC)(CC)CC.CC[N+](CC)(CC)CO.C[N+](C)(CCO)CCO.C[N+](C)(CCO)CCO.C[N+](CCO)(CCO)CCO. The molecule has 0 aromatic carbocycles. The Hall–Kier alpha value is -0.680. The van der Waals surface area contributed by atoms with Gasteiger partial charge in [0.1, 0.15) is 45.8 Å². The maximum absolute atomic E-state index is 8.95. The molecule has 0 spiro atoms. The van der Waals surface area contributed by atoms with Gasteiger partial charge < -0.3 is 81.2 Å². The summed E-state index contributed by atoms with van der Waals surface area (Å²) in [6.45, 7) is 61.8. The standard InChI is InChI=1S/C12H28N.C8H20N.C7H18NO3.C7H18NO.2C7H18N.2C6H16NO2.C5H14N/c1-5-9-13(10-6-2,11-7-3)12-8-4;1-5-9(6-2,7-3)8-4;1-8(2-5-9,3-6-10)4-7-11;1-4-8(5-2,6-3)7-9;1-5-6-7-8(2,3)4;1-5-8(4,6-2)7-3;2*1-7(2,3-5-8)4-6-9;1-5-6(2,3)4/h5-12H2,1-4H3;5-8H2,1-4H3;9-11H,2-7H2,1H3;9H,4-7H2,1-3H3;2*5-7H2,1-4H3;2*8-9H,3-6H2,1-2H3;5H2,1-4H3/q9*+1. The molecule has 17 nitrogen and oxygen atoms in total. The van der Waals surface area contributed by atoms with Gasteiger partial charge in [-0.05, 0) is 108 Å². The second-order valence-corrected chi connectivity index (χ2v) is 26.4. The van der Waals surface area contributed by atoms with Gasteiger partial charge in [-0.3, -0.25) is 0 Å². The molecule has 0 bridgehead atoms. The molecule has 0 aromatic heterocycles. The first-order valence-corrected chi connectivity index (χ1v) is 33.3. The Labute approximate surface area is 516 Å². The molecule has 0 fully saturated rings. The fourth-order valence-electron chi connectivity index (χ4n) is 8.55. The normalized spacial score (nSPS) is 12.0. The highest BCUT2D eigenvalue weighted by Gasteiger charge is 2.23. The summed E-state index contributed by atoms with van der Waals surface area (Å²) in [4.78, 5) is 0. The monoisotopic (exact) mass is 1200 g/mol.